The molecule has 2 heterocycles. The predicted octanol–water partition coefficient (Wildman–Crippen LogP) is 4.88. The van der Waals surface area contributed by atoms with Gasteiger partial charge in [0, 0.05) is 5.69 Å². The number of fused-ring (bicyclic) bond motifs is 1. The van der Waals surface area contributed by atoms with Crippen LogP contribution in [0, 0.1) is 5.82 Å². The molecule has 152 valence electrons. The van der Waals surface area contributed by atoms with Crippen molar-refractivity contribution in [3.05, 3.63) is 81.7 Å². The van der Waals surface area contributed by atoms with Crippen molar-refractivity contribution in [3.63, 3.8) is 0 Å². The highest BCUT2D eigenvalue weighted by Gasteiger charge is 2.18. The van der Waals surface area contributed by atoms with Crippen molar-refractivity contribution < 1.29 is 9.18 Å². The van der Waals surface area contributed by atoms with E-state index in [4.69, 9.17) is 0 Å². The lowest BCUT2D eigenvalue weighted by Crippen LogP contribution is -2.23. The Labute approximate surface area is 180 Å². The van der Waals surface area contributed by atoms with Crippen LogP contribution in [0.3, 0.4) is 0 Å². The van der Waals surface area contributed by atoms with Crippen LogP contribution in [0.15, 0.2) is 69.9 Å². The van der Waals surface area contributed by atoms with Crippen molar-refractivity contribution in [2.75, 3.05) is 11.1 Å². The Kier molecular flexibility index (Phi) is 5.96. The molecule has 0 atom stereocenters. The number of nitrogens with zero attached hydrogens (tertiary/aromatic N) is 2. The van der Waals surface area contributed by atoms with Gasteiger partial charge in [0.2, 0.25) is 5.91 Å². The molecule has 2 aromatic heterocycles. The number of para-hydroxylation sites is 2. The minimum absolute atomic E-state index is 0.0363. The number of hydrogen-bond donors (Lipinski definition) is 1. The van der Waals surface area contributed by atoms with E-state index in [-0.39, 0.29) is 28.1 Å². The molecular formula is C22H18FN3O2S2. The van der Waals surface area contributed by atoms with E-state index in [1.165, 1.54) is 28.0 Å². The van der Waals surface area contributed by atoms with Crippen LogP contribution in [-0.2, 0) is 11.2 Å². The number of aryl methyl sites for hydroxylation is 1. The lowest BCUT2D eigenvalue weighted by Gasteiger charge is -2.13. The molecule has 30 heavy (non-hydrogen) atoms. The molecule has 5 nitrogen and oxygen atoms in total. The molecule has 0 spiro atoms. The molecule has 0 bridgehead atoms. The Hall–Kier alpha value is -2.97. The van der Waals surface area contributed by atoms with Crippen LogP contribution in [-0.4, -0.2) is 21.2 Å². The number of nitrogens with one attached hydrogen (secondary N) is 1. The second-order valence-electron chi connectivity index (χ2n) is 6.47. The summed E-state index contributed by atoms with van der Waals surface area (Å²) in [6.45, 7) is 2.02. The van der Waals surface area contributed by atoms with Gasteiger partial charge in [-0.3, -0.25) is 14.2 Å². The normalized spacial score (nSPS) is 11.0. The van der Waals surface area contributed by atoms with Crippen LogP contribution in [0.5, 0.6) is 0 Å². The number of amides is 1. The van der Waals surface area contributed by atoms with Gasteiger partial charge in [0.15, 0.2) is 5.16 Å². The third-order valence-corrected chi connectivity index (χ3v) is 6.38. The van der Waals surface area contributed by atoms with Gasteiger partial charge in [-0.2, -0.15) is 0 Å². The van der Waals surface area contributed by atoms with E-state index in [0.29, 0.717) is 10.2 Å². The molecule has 0 aliphatic carbocycles. The second-order valence-corrected chi connectivity index (χ2v) is 8.33. The Morgan fingerprint density at radius 1 is 1.17 bits per heavy atom. The fourth-order valence-corrected chi connectivity index (χ4v) is 4.67. The highest BCUT2D eigenvalue weighted by molar-refractivity contribution is 7.99. The van der Waals surface area contributed by atoms with Crippen LogP contribution < -0.4 is 10.9 Å². The number of thiophene rings is 1. The van der Waals surface area contributed by atoms with E-state index < -0.39 is 5.82 Å². The molecule has 0 fully saturated rings. The largest absolute Gasteiger partial charge is 0.325 e. The maximum Gasteiger partial charge on any atom is 0.276 e. The summed E-state index contributed by atoms with van der Waals surface area (Å²) in [7, 11) is 0. The van der Waals surface area contributed by atoms with Gasteiger partial charge in [0.05, 0.1) is 17.0 Å². The smallest absolute Gasteiger partial charge is 0.276 e. The van der Waals surface area contributed by atoms with E-state index >= 15 is 0 Å². The van der Waals surface area contributed by atoms with Crippen LogP contribution >= 0.6 is 23.1 Å². The van der Waals surface area contributed by atoms with Crippen LogP contribution in [0.1, 0.15) is 12.5 Å². The maximum absolute atomic E-state index is 14.5. The Morgan fingerprint density at radius 2 is 1.93 bits per heavy atom. The molecule has 0 saturated carbocycles. The monoisotopic (exact) mass is 439 g/mol. The van der Waals surface area contributed by atoms with E-state index in [9.17, 15) is 14.0 Å². The molecule has 0 aliphatic rings. The third kappa shape index (κ3) is 4.01. The number of carbonyl (C=O) groups is 1. The number of carbonyl (C=O) groups excluding carboxylic acids is 1. The molecule has 0 saturated heterocycles. The molecule has 4 aromatic rings. The van der Waals surface area contributed by atoms with Crippen LogP contribution in [0.2, 0.25) is 0 Å². The third-order valence-electron chi connectivity index (χ3n) is 4.55. The SMILES string of the molecule is CCc1ccccc1NC(=O)CSc1nc2ccsc2c(=O)n1-c1ccccc1F. The van der Waals surface area contributed by atoms with Gasteiger partial charge < -0.3 is 5.32 Å². The zero-order valence-electron chi connectivity index (χ0n) is 16.1. The summed E-state index contributed by atoms with van der Waals surface area (Å²) in [5, 5.41) is 4.95. The number of halogens is 1. The van der Waals surface area contributed by atoms with Crippen molar-refractivity contribution in [2.45, 2.75) is 18.5 Å². The van der Waals surface area contributed by atoms with E-state index in [1.54, 1.807) is 23.6 Å². The minimum Gasteiger partial charge on any atom is -0.325 e. The second kappa shape index (κ2) is 8.81. The number of aromatic nitrogens is 2. The Bertz CT molecular complexity index is 1280. The van der Waals surface area contributed by atoms with Gasteiger partial charge in [-0.25, -0.2) is 9.37 Å². The number of benzene rings is 2. The topological polar surface area (TPSA) is 64.0 Å². The van der Waals surface area contributed by atoms with Crippen LogP contribution in [0.25, 0.3) is 15.9 Å². The maximum atomic E-state index is 14.5. The van der Waals surface area contributed by atoms with Crippen molar-refractivity contribution >= 4 is 44.9 Å². The summed E-state index contributed by atoms with van der Waals surface area (Å²) >= 11 is 2.36. The minimum atomic E-state index is -0.527. The molecule has 2 aromatic carbocycles. The Morgan fingerprint density at radius 3 is 2.73 bits per heavy atom. The first-order valence-corrected chi connectivity index (χ1v) is 11.2. The highest BCUT2D eigenvalue weighted by Crippen LogP contribution is 2.25. The Balaban J connectivity index is 1.65. The number of rotatable bonds is 6. The van der Waals surface area contributed by atoms with E-state index in [2.05, 4.69) is 10.3 Å². The quantitative estimate of drug-likeness (QED) is 0.344. The summed E-state index contributed by atoms with van der Waals surface area (Å²) in [5.74, 6) is -0.713. The summed E-state index contributed by atoms with van der Waals surface area (Å²) in [4.78, 5) is 30.1. The fraction of sp³-hybridized carbons (Fsp3) is 0.136. The first kappa shape index (κ1) is 20.3. The first-order valence-electron chi connectivity index (χ1n) is 9.34. The van der Waals surface area contributed by atoms with Gasteiger partial charge in [0.25, 0.3) is 5.56 Å². The zero-order chi connectivity index (χ0) is 21.1. The van der Waals surface area contributed by atoms with Crippen molar-refractivity contribution in [2.24, 2.45) is 0 Å². The number of anilines is 1. The van der Waals surface area contributed by atoms with E-state index in [1.807, 2.05) is 31.2 Å². The average molecular weight is 440 g/mol. The average Bonchev–Trinajstić information content (AvgIpc) is 3.23. The number of hydrogen-bond acceptors (Lipinski definition) is 5. The molecule has 8 heteroatoms. The van der Waals surface area contributed by atoms with Gasteiger partial charge in [0.1, 0.15) is 10.5 Å². The number of thioether (sulfide) groups is 1. The standard InChI is InChI=1S/C22H18FN3O2S2/c1-2-14-7-3-5-9-16(14)24-19(27)13-30-22-25-17-11-12-29-20(17)21(28)26(22)18-10-6-4-8-15(18)23/h3-12H,2,13H2,1H3,(H,24,27). The molecule has 0 radical (unpaired) electrons. The fourth-order valence-electron chi connectivity index (χ4n) is 3.10. The van der Waals surface area contributed by atoms with Gasteiger partial charge in [-0.15, -0.1) is 11.3 Å². The summed E-state index contributed by atoms with van der Waals surface area (Å²) in [5.41, 5.74) is 2.11. The van der Waals surface area contributed by atoms with Gasteiger partial charge >= 0.3 is 0 Å². The van der Waals surface area contributed by atoms with Crippen molar-refractivity contribution in [3.8, 4) is 5.69 Å². The van der Waals surface area contributed by atoms with Crippen LogP contribution in [0.4, 0.5) is 10.1 Å². The van der Waals surface area contributed by atoms with Crippen molar-refractivity contribution in [1.82, 2.24) is 9.55 Å². The lowest BCUT2D eigenvalue weighted by molar-refractivity contribution is -0.113. The molecule has 1 amide bonds. The summed E-state index contributed by atoms with van der Waals surface area (Å²) in [6, 6.07) is 15.4. The molecule has 0 unspecified atom stereocenters. The first-order chi connectivity index (χ1) is 14.6. The zero-order valence-corrected chi connectivity index (χ0v) is 17.7. The van der Waals surface area contributed by atoms with Gasteiger partial charge in [-0.05, 0) is 41.6 Å². The highest BCUT2D eigenvalue weighted by atomic mass is 32.2. The predicted molar refractivity (Wildman–Crippen MR) is 120 cm³/mol. The van der Waals surface area contributed by atoms with Gasteiger partial charge in [-0.1, -0.05) is 49.0 Å². The van der Waals surface area contributed by atoms with E-state index in [0.717, 1.165) is 29.4 Å². The molecular weight excluding hydrogens is 421 g/mol. The molecule has 4 rings (SSSR count). The summed E-state index contributed by atoms with van der Waals surface area (Å²) in [6.07, 6.45) is 0.798. The lowest BCUT2D eigenvalue weighted by atomic mass is 10.1. The summed E-state index contributed by atoms with van der Waals surface area (Å²) < 4.78 is 16.1. The van der Waals surface area contributed by atoms with Crippen molar-refractivity contribution in [1.29, 1.82) is 0 Å². The molecule has 0 aliphatic heterocycles. The molecule has 1 N–H and O–H groups in total.